The highest BCUT2D eigenvalue weighted by Crippen LogP contribution is 2.11. The number of carboxylic acids is 1. The fourth-order valence-corrected chi connectivity index (χ4v) is 1.19. The molecule has 16 heavy (non-hydrogen) atoms. The van der Waals surface area contributed by atoms with E-state index in [9.17, 15) is 14.4 Å². The van der Waals surface area contributed by atoms with Gasteiger partial charge in [0.1, 0.15) is 0 Å². The minimum atomic E-state index is -0.745. The Balaban J connectivity index is 0.000000385. The molecule has 1 rings (SSSR count). The maximum atomic E-state index is 11.0. The van der Waals surface area contributed by atoms with Gasteiger partial charge in [0.25, 0.3) is 0 Å². The number of carboxylic acid groups (broad SMARTS) is 1. The summed E-state index contributed by atoms with van der Waals surface area (Å²) in [7, 11) is 0. The maximum absolute atomic E-state index is 11.0. The lowest BCUT2D eigenvalue weighted by Gasteiger charge is -2.11. The van der Waals surface area contributed by atoms with Crippen LogP contribution in [0.4, 0.5) is 0 Å². The zero-order chi connectivity index (χ0) is 12.6. The number of carbonyl (C=O) groups is 3. The zero-order valence-corrected chi connectivity index (χ0v) is 9.86. The summed E-state index contributed by atoms with van der Waals surface area (Å²) in [4.78, 5) is 32.7. The molecule has 0 bridgehead atoms. The van der Waals surface area contributed by atoms with E-state index in [4.69, 9.17) is 5.11 Å². The molecule has 0 atom stereocenters. The Morgan fingerprint density at radius 1 is 1.25 bits per heavy atom. The van der Waals surface area contributed by atoms with E-state index in [-0.39, 0.29) is 18.2 Å². The summed E-state index contributed by atoms with van der Waals surface area (Å²) in [6.45, 7) is 4.27. The second kappa shape index (κ2) is 7.84. The lowest BCUT2D eigenvalue weighted by Crippen LogP contribution is -2.29. The number of carbonyl (C=O) groups excluding carboxylic acids is 2. The van der Waals surface area contributed by atoms with E-state index in [2.05, 4.69) is 0 Å². The van der Waals surface area contributed by atoms with Crippen molar-refractivity contribution < 1.29 is 19.5 Å². The predicted molar refractivity (Wildman–Crippen MR) is 58.8 cm³/mol. The van der Waals surface area contributed by atoms with E-state index < -0.39 is 5.97 Å². The Morgan fingerprint density at radius 3 is 2.00 bits per heavy atom. The molecular weight excluding hydrogens is 210 g/mol. The fraction of sp³-hybridized carbons (Fsp3) is 0.727. The molecule has 0 aromatic carbocycles. The Hall–Kier alpha value is -1.39. The summed E-state index contributed by atoms with van der Waals surface area (Å²) >= 11 is 0. The molecule has 1 saturated heterocycles. The van der Waals surface area contributed by atoms with Crippen LogP contribution in [0.3, 0.4) is 0 Å². The first kappa shape index (κ1) is 14.6. The Bertz CT molecular complexity index is 247. The van der Waals surface area contributed by atoms with Crippen LogP contribution in [0, 0.1) is 0 Å². The molecule has 0 spiro atoms. The lowest BCUT2D eigenvalue weighted by molar-refractivity contribution is -0.139. The number of nitrogens with zero attached hydrogens (tertiary/aromatic N) is 1. The van der Waals surface area contributed by atoms with Crippen LogP contribution < -0.4 is 0 Å². The molecule has 0 aromatic rings. The van der Waals surface area contributed by atoms with Crippen LogP contribution in [0.5, 0.6) is 0 Å². The molecule has 92 valence electrons. The third-order valence-corrected chi connectivity index (χ3v) is 2.19. The molecule has 1 fully saturated rings. The van der Waals surface area contributed by atoms with Crippen LogP contribution in [-0.2, 0) is 14.4 Å². The van der Waals surface area contributed by atoms with Crippen molar-refractivity contribution in [2.45, 2.75) is 46.0 Å². The standard InChI is InChI=1S/C8H13NO2.C3H6O2/c1-2-3-6-9-7(10)4-5-8(9)11;1-2-3(4)5/h2-6H2,1H3;2H2,1H3,(H,4,5). The molecule has 1 aliphatic rings. The van der Waals surface area contributed by atoms with Crippen LogP contribution in [0.1, 0.15) is 46.0 Å². The van der Waals surface area contributed by atoms with Crippen LogP contribution in [0.15, 0.2) is 0 Å². The number of amides is 2. The van der Waals surface area contributed by atoms with Gasteiger partial charge in [0.15, 0.2) is 0 Å². The number of aliphatic carboxylic acids is 1. The number of likely N-dealkylation sites (tertiary alicyclic amines) is 1. The largest absolute Gasteiger partial charge is 0.481 e. The van der Waals surface area contributed by atoms with Crippen molar-refractivity contribution in [2.24, 2.45) is 0 Å². The van der Waals surface area contributed by atoms with Crippen molar-refractivity contribution in [3.8, 4) is 0 Å². The number of hydrogen-bond donors (Lipinski definition) is 1. The smallest absolute Gasteiger partial charge is 0.303 e. The van der Waals surface area contributed by atoms with Crippen LogP contribution >= 0.6 is 0 Å². The molecule has 5 nitrogen and oxygen atoms in total. The average Bonchev–Trinajstić information content (AvgIpc) is 2.57. The summed E-state index contributed by atoms with van der Waals surface area (Å²) < 4.78 is 0. The number of rotatable bonds is 4. The van der Waals surface area contributed by atoms with E-state index >= 15 is 0 Å². The number of unbranched alkanes of at least 4 members (excludes halogenated alkanes) is 1. The van der Waals surface area contributed by atoms with Gasteiger partial charge < -0.3 is 5.11 Å². The zero-order valence-electron chi connectivity index (χ0n) is 9.86. The quantitative estimate of drug-likeness (QED) is 0.740. The SMILES string of the molecule is CCC(=O)O.CCCCN1C(=O)CCC1=O. The van der Waals surface area contributed by atoms with Crippen LogP contribution in [-0.4, -0.2) is 34.3 Å². The molecule has 5 heteroatoms. The van der Waals surface area contributed by atoms with Crippen molar-refractivity contribution in [2.75, 3.05) is 6.54 Å². The van der Waals surface area contributed by atoms with Gasteiger partial charge in [-0.1, -0.05) is 20.3 Å². The second-order valence-corrected chi connectivity index (χ2v) is 3.54. The molecule has 1 aliphatic heterocycles. The van der Waals surface area contributed by atoms with Gasteiger partial charge >= 0.3 is 5.97 Å². The van der Waals surface area contributed by atoms with E-state index in [1.54, 1.807) is 6.92 Å². The van der Waals surface area contributed by atoms with Crippen LogP contribution in [0.25, 0.3) is 0 Å². The van der Waals surface area contributed by atoms with E-state index in [1.165, 1.54) is 4.90 Å². The van der Waals surface area contributed by atoms with Crippen molar-refractivity contribution >= 4 is 17.8 Å². The summed E-state index contributed by atoms with van der Waals surface area (Å²) in [5, 5.41) is 7.72. The van der Waals surface area contributed by atoms with Gasteiger partial charge in [-0.3, -0.25) is 19.3 Å². The minimum absolute atomic E-state index is 0.00319. The Morgan fingerprint density at radius 2 is 1.69 bits per heavy atom. The molecule has 0 unspecified atom stereocenters. The predicted octanol–water partition coefficient (Wildman–Crippen LogP) is 1.42. The molecule has 0 radical (unpaired) electrons. The Labute approximate surface area is 95.4 Å². The molecule has 0 aromatic heterocycles. The second-order valence-electron chi connectivity index (χ2n) is 3.54. The van der Waals surface area contributed by atoms with Crippen molar-refractivity contribution in [1.82, 2.24) is 4.90 Å². The summed E-state index contributed by atoms with van der Waals surface area (Å²) in [6, 6.07) is 0. The highest BCUT2D eigenvalue weighted by Gasteiger charge is 2.27. The van der Waals surface area contributed by atoms with Gasteiger partial charge in [-0.2, -0.15) is 0 Å². The Kier molecular flexibility index (Phi) is 7.16. The highest BCUT2D eigenvalue weighted by atomic mass is 16.4. The maximum Gasteiger partial charge on any atom is 0.303 e. The first-order chi connectivity index (χ1) is 7.52. The number of imide groups is 1. The normalized spacial score (nSPS) is 14.8. The summed E-state index contributed by atoms with van der Waals surface area (Å²) in [5.74, 6) is -0.739. The monoisotopic (exact) mass is 229 g/mol. The number of hydrogen-bond acceptors (Lipinski definition) is 3. The minimum Gasteiger partial charge on any atom is -0.481 e. The third kappa shape index (κ3) is 5.48. The van der Waals surface area contributed by atoms with Crippen molar-refractivity contribution in [3.63, 3.8) is 0 Å². The highest BCUT2D eigenvalue weighted by molar-refractivity contribution is 6.01. The first-order valence-corrected chi connectivity index (χ1v) is 5.57. The topological polar surface area (TPSA) is 74.7 Å². The third-order valence-electron chi connectivity index (χ3n) is 2.19. The van der Waals surface area contributed by atoms with Crippen LogP contribution in [0.2, 0.25) is 0 Å². The van der Waals surface area contributed by atoms with Gasteiger partial charge in [0, 0.05) is 25.8 Å². The fourth-order valence-electron chi connectivity index (χ4n) is 1.19. The van der Waals surface area contributed by atoms with E-state index in [1.807, 2.05) is 6.92 Å². The van der Waals surface area contributed by atoms with E-state index in [0.717, 1.165) is 12.8 Å². The van der Waals surface area contributed by atoms with Gasteiger partial charge in [0.2, 0.25) is 11.8 Å². The van der Waals surface area contributed by atoms with Gasteiger partial charge in [0.05, 0.1) is 0 Å². The molecule has 0 saturated carbocycles. The summed E-state index contributed by atoms with van der Waals surface area (Å²) in [5.41, 5.74) is 0. The van der Waals surface area contributed by atoms with E-state index in [0.29, 0.717) is 19.4 Å². The molecular formula is C11H19NO4. The molecule has 0 aliphatic carbocycles. The summed E-state index contributed by atoms with van der Waals surface area (Å²) in [6.07, 6.45) is 3.01. The average molecular weight is 229 g/mol. The molecule has 2 amide bonds. The van der Waals surface area contributed by atoms with Gasteiger partial charge in [-0.15, -0.1) is 0 Å². The van der Waals surface area contributed by atoms with Crippen molar-refractivity contribution in [1.29, 1.82) is 0 Å². The van der Waals surface area contributed by atoms with Gasteiger partial charge in [-0.05, 0) is 6.42 Å². The molecule has 1 heterocycles. The van der Waals surface area contributed by atoms with Crippen molar-refractivity contribution in [3.05, 3.63) is 0 Å². The molecule has 1 N–H and O–H groups in total. The lowest BCUT2D eigenvalue weighted by atomic mass is 10.3. The first-order valence-electron chi connectivity index (χ1n) is 5.57. The van der Waals surface area contributed by atoms with Gasteiger partial charge in [-0.25, -0.2) is 0 Å².